The zero-order valence-corrected chi connectivity index (χ0v) is 16.6. The predicted octanol–water partition coefficient (Wildman–Crippen LogP) is 2.79. The van der Waals surface area contributed by atoms with E-state index in [4.69, 9.17) is 4.74 Å². The highest BCUT2D eigenvalue weighted by atomic mass is 16.6. The number of nitrogens with one attached hydrogen (secondary N) is 3. The van der Waals surface area contributed by atoms with E-state index in [2.05, 4.69) is 16.0 Å². The maximum Gasteiger partial charge on any atom is 0.408 e. The number of alkyl carbamates (subject to hydrolysis) is 1. The monoisotopic (exact) mass is 399 g/mol. The number of phenolic OH excluding ortho intramolecular Hbond substituents is 1. The molecule has 154 valence electrons. The van der Waals surface area contributed by atoms with Gasteiger partial charge in [0.15, 0.2) is 0 Å². The lowest BCUT2D eigenvalue weighted by molar-refractivity contribution is -0.120. The van der Waals surface area contributed by atoms with E-state index in [1.807, 2.05) is 0 Å². The van der Waals surface area contributed by atoms with E-state index < -0.39 is 11.7 Å². The van der Waals surface area contributed by atoms with Crippen LogP contribution in [-0.4, -0.2) is 35.2 Å². The highest BCUT2D eigenvalue weighted by Crippen LogP contribution is 2.15. The maximum absolute atomic E-state index is 12.2. The van der Waals surface area contributed by atoms with Gasteiger partial charge in [-0.1, -0.05) is 18.2 Å². The molecule has 3 amide bonds. The molecule has 0 heterocycles. The topological polar surface area (TPSA) is 117 Å². The molecule has 0 unspecified atom stereocenters. The second-order valence-electron chi connectivity index (χ2n) is 7.34. The second kappa shape index (κ2) is 9.59. The van der Waals surface area contributed by atoms with Gasteiger partial charge in [0.2, 0.25) is 5.91 Å². The molecule has 4 N–H and O–H groups in total. The Bertz CT molecular complexity index is 890. The summed E-state index contributed by atoms with van der Waals surface area (Å²) >= 11 is 0. The molecule has 0 aliphatic heterocycles. The minimum absolute atomic E-state index is 0.00843. The summed E-state index contributed by atoms with van der Waals surface area (Å²) in [5.74, 6) is -0.720. The fraction of sp³-hybridized carbons (Fsp3) is 0.286. The standard InChI is InChI=1S/C21H25N3O5/c1-21(2,3)29-20(28)23-13-18(26)22-12-14-6-4-8-16(10-14)24-19(27)15-7-5-9-17(25)11-15/h4-11,25H,12-13H2,1-3H3,(H,22,26)(H,23,28)(H,24,27). The number of rotatable bonds is 6. The number of amides is 3. The van der Waals surface area contributed by atoms with Crippen LogP contribution in [0.25, 0.3) is 0 Å². The van der Waals surface area contributed by atoms with Crippen molar-refractivity contribution in [1.29, 1.82) is 0 Å². The van der Waals surface area contributed by atoms with E-state index in [1.54, 1.807) is 57.2 Å². The molecule has 2 aromatic carbocycles. The number of aromatic hydroxyl groups is 1. The SMILES string of the molecule is CC(C)(C)OC(=O)NCC(=O)NCc1cccc(NC(=O)c2cccc(O)c2)c1. The van der Waals surface area contributed by atoms with Crippen LogP contribution in [0.5, 0.6) is 5.75 Å². The molecular weight excluding hydrogens is 374 g/mol. The maximum atomic E-state index is 12.2. The van der Waals surface area contributed by atoms with Gasteiger partial charge in [-0.25, -0.2) is 4.79 Å². The van der Waals surface area contributed by atoms with E-state index in [0.29, 0.717) is 11.3 Å². The number of hydrogen-bond acceptors (Lipinski definition) is 5. The molecule has 8 nitrogen and oxygen atoms in total. The molecular formula is C21H25N3O5. The van der Waals surface area contributed by atoms with Crippen molar-refractivity contribution in [2.45, 2.75) is 32.9 Å². The Morgan fingerprint density at radius 2 is 1.72 bits per heavy atom. The molecule has 0 aliphatic carbocycles. The van der Waals surface area contributed by atoms with Crippen LogP contribution in [0.1, 0.15) is 36.7 Å². The van der Waals surface area contributed by atoms with Crippen LogP contribution in [0.2, 0.25) is 0 Å². The molecule has 0 saturated heterocycles. The van der Waals surface area contributed by atoms with Gasteiger partial charge in [0.25, 0.3) is 5.91 Å². The lowest BCUT2D eigenvalue weighted by Gasteiger charge is -2.19. The molecule has 0 bridgehead atoms. The van der Waals surface area contributed by atoms with Crippen molar-refractivity contribution < 1.29 is 24.2 Å². The van der Waals surface area contributed by atoms with Gasteiger partial charge in [0, 0.05) is 17.8 Å². The number of hydrogen-bond donors (Lipinski definition) is 4. The first-order valence-corrected chi connectivity index (χ1v) is 9.05. The summed E-state index contributed by atoms with van der Waals surface area (Å²) in [7, 11) is 0. The van der Waals surface area contributed by atoms with E-state index in [0.717, 1.165) is 5.56 Å². The molecule has 8 heteroatoms. The van der Waals surface area contributed by atoms with Gasteiger partial charge < -0.3 is 25.8 Å². The first-order chi connectivity index (χ1) is 13.6. The Balaban J connectivity index is 1.84. The smallest absolute Gasteiger partial charge is 0.408 e. The first kappa shape index (κ1) is 21.7. The summed E-state index contributed by atoms with van der Waals surface area (Å²) in [6.07, 6.45) is -0.663. The molecule has 0 atom stereocenters. The minimum atomic E-state index is -0.663. The number of carbonyl (C=O) groups excluding carboxylic acids is 3. The van der Waals surface area contributed by atoms with Crippen molar-refractivity contribution in [3.63, 3.8) is 0 Å². The van der Waals surface area contributed by atoms with Gasteiger partial charge >= 0.3 is 6.09 Å². The van der Waals surface area contributed by atoms with E-state index in [-0.39, 0.29) is 30.7 Å². The summed E-state index contributed by atoms with van der Waals surface area (Å²) in [4.78, 5) is 35.7. The van der Waals surface area contributed by atoms with Gasteiger partial charge in [-0.3, -0.25) is 9.59 Å². The van der Waals surface area contributed by atoms with Crippen LogP contribution in [-0.2, 0) is 16.1 Å². The fourth-order valence-corrected chi connectivity index (χ4v) is 2.34. The Labute approximate surface area is 169 Å². The van der Waals surface area contributed by atoms with Crippen LogP contribution in [0, 0.1) is 0 Å². The van der Waals surface area contributed by atoms with Gasteiger partial charge in [-0.15, -0.1) is 0 Å². The molecule has 0 aliphatic rings. The molecule has 2 rings (SSSR count). The van der Waals surface area contributed by atoms with Crippen LogP contribution >= 0.6 is 0 Å². The third kappa shape index (κ3) is 7.92. The highest BCUT2D eigenvalue weighted by molar-refractivity contribution is 6.04. The first-order valence-electron chi connectivity index (χ1n) is 9.05. The lowest BCUT2D eigenvalue weighted by atomic mass is 10.1. The van der Waals surface area contributed by atoms with Gasteiger partial charge in [0.1, 0.15) is 17.9 Å². The second-order valence-corrected chi connectivity index (χ2v) is 7.34. The normalized spacial score (nSPS) is 10.7. The van der Waals surface area contributed by atoms with Crippen LogP contribution in [0.4, 0.5) is 10.5 Å². The number of anilines is 1. The highest BCUT2D eigenvalue weighted by Gasteiger charge is 2.16. The van der Waals surface area contributed by atoms with E-state index >= 15 is 0 Å². The van der Waals surface area contributed by atoms with Crippen molar-refractivity contribution in [1.82, 2.24) is 10.6 Å². The summed E-state index contributed by atoms with van der Waals surface area (Å²) in [6.45, 7) is 5.23. The van der Waals surface area contributed by atoms with Crippen LogP contribution in [0.15, 0.2) is 48.5 Å². The summed E-state index contributed by atoms with van der Waals surface area (Å²) in [6, 6.07) is 13.0. The molecule has 0 aromatic heterocycles. The number of benzene rings is 2. The third-order valence-corrected chi connectivity index (χ3v) is 3.58. The van der Waals surface area contributed by atoms with Crippen molar-refractivity contribution in [3.8, 4) is 5.75 Å². The minimum Gasteiger partial charge on any atom is -0.508 e. The predicted molar refractivity (Wildman–Crippen MR) is 109 cm³/mol. The fourth-order valence-electron chi connectivity index (χ4n) is 2.34. The summed E-state index contributed by atoms with van der Waals surface area (Å²) in [5, 5.41) is 17.3. The largest absolute Gasteiger partial charge is 0.508 e. The van der Waals surface area contributed by atoms with E-state index in [9.17, 15) is 19.5 Å². The summed E-state index contributed by atoms with van der Waals surface area (Å²) < 4.78 is 5.06. The Morgan fingerprint density at radius 3 is 2.41 bits per heavy atom. The van der Waals surface area contributed by atoms with Gasteiger partial charge in [0.05, 0.1) is 0 Å². The van der Waals surface area contributed by atoms with Crippen molar-refractivity contribution >= 4 is 23.6 Å². The van der Waals surface area contributed by atoms with Crippen molar-refractivity contribution in [2.75, 3.05) is 11.9 Å². The van der Waals surface area contributed by atoms with Crippen LogP contribution < -0.4 is 16.0 Å². The average Bonchev–Trinajstić information content (AvgIpc) is 2.63. The van der Waals surface area contributed by atoms with E-state index in [1.165, 1.54) is 12.1 Å². The van der Waals surface area contributed by atoms with Crippen molar-refractivity contribution in [2.24, 2.45) is 0 Å². The molecule has 0 fully saturated rings. The summed E-state index contributed by atoms with van der Waals surface area (Å²) in [5.41, 5.74) is 1.02. The number of carbonyl (C=O) groups is 3. The van der Waals surface area contributed by atoms with Gasteiger partial charge in [-0.2, -0.15) is 0 Å². The molecule has 0 radical (unpaired) electrons. The Kier molecular flexibility index (Phi) is 7.19. The van der Waals surface area contributed by atoms with Crippen molar-refractivity contribution in [3.05, 3.63) is 59.7 Å². The molecule has 2 aromatic rings. The lowest BCUT2D eigenvalue weighted by Crippen LogP contribution is -2.39. The zero-order chi connectivity index (χ0) is 21.4. The van der Waals surface area contributed by atoms with Gasteiger partial charge in [-0.05, 0) is 56.7 Å². The molecule has 29 heavy (non-hydrogen) atoms. The third-order valence-electron chi connectivity index (χ3n) is 3.58. The van der Waals surface area contributed by atoms with Crippen LogP contribution in [0.3, 0.4) is 0 Å². The molecule has 0 spiro atoms. The number of ether oxygens (including phenoxy) is 1. The average molecular weight is 399 g/mol. The molecule has 0 saturated carbocycles. The Morgan fingerprint density at radius 1 is 1.00 bits per heavy atom. The zero-order valence-electron chi connectivity index (χ0n) is 16.6. The number of phenols is 1. The Hall–Kier alpha value is -3.55. The quantitative estimate of drug-likeness (QED) is 0.596.